The third-order valence-electron chi connectivity index (χ3n) is 4.90. The van der Waals surface area contributed by atoms with Crippen molar-refractivity contribution in [2.45, 2.75) is 38.1 Å². The van der Waals surface area contributed by atoms with E-state index in [1.54, 1.807) is 48.5 Å². The first kappa shape index (κ1) is 21.6. The molecule has 0 bridgehead atoms. The zero-order valence-corrected chi connectivity index (χ0v) is 18.2. The maximum atomic E-state index is 12.8. The molecule has 1 atom stereocenters. The van der Waals surface area contributed by atoms with E-state index in [9.17, 15) is 13.2 Å². The summed E-state index contributed by atoms with van der Waals surface area (Å²) in [6.45, 7) is 5.93. The molecule has 0 saturated carbocycles. The topological polar surface area (TPSA) is 75.3 Å². The van der Waals surface area contributed by atoms with Crippen molar-refractivity contribution in [1.82, 2.24) is 5.32 Å². The Balaban J connectivity index is 1.76. The summed E-state index contributed by atoms with van der Waals surface area (Å²) in [5.74, 6) is -0.251. The number of hydrogen-bond acceptors (Lipinski definition) is 3. The molecule has 3 aromatic rings. The fourth-order valence-corrected chi connectivity index (χ4v) is 4.17. The van der Waals surface area contributed by atoms with E-state index in [4.69, 9.17) is 0 Å². The molecular weight excluding hydrogens is 396 g/mol. The van der Waals surface area contributed by atoms with Crippen molar-refractivity contribution < 1.29 is 13.2 Å². The minimum atomic E-state index is -3.73. The number of nitrogens with one attached hydrogen (secondary N) is 2. The molecule has 5 nitrogen and oxygen atoms in total. The first-order valence-electron chi connectivity index (χ1n) is 9.85. The van der Waals surface area contributed by atoms with Gasteiger partial charge >= 0.3 is 0 Å². The van der Waals surface area contributed by atoms with E-state index in [2.05, 4.69) is 10.0 Å². The van der Waals surface area contributed by atoms with Gasteiger partial charge in [-0.05, 0) is 56.2 Å². The van der Waals surface area contributed by atoms with Gasteiger partial charge in [0.25, 0.3) is 15.9 Å². The van der Waals surface area contributed by atoms with Crippen LogP contribution in [0, 0.1) is 13.8 Å². The van der Waals surface area contributed by atoms with Crippen LogP contribution in [0.25, 0.3) is 0 Å². The summed E-state index contributed by atoms with van der Waals surface area (Å²) in [7, 11) is -3.73. The number of aryl methyl sites for hydroxylation is 2. The van der Waals surface area contributed by atoms with Crippen LogP contribution in [0.1, 0.15) is 46.4 Å². The molecule has 3 rings (SSSR count). The van der Waals surface area contributed by atoms with Gasteiger partial charge in [0.1, 0.15) is 0 Å². The molecule has 6 heteroatoms. The summed E-state index contributed by atoms with van der Waals surface area (Å²) in [6, 6.07) is 21.0. The Morgan fingerprint density at radius 2 is 1.50 bits per heavy atom. The molecule has 0 unspecified atom stereocenters. The van der Waals surface area contributed by atoms with Gasteiger partial charge in [-0.25, -0.2) is 8.42 Å². The number of carbonyl (C=O) groups excluding carboxylic acids is 1. The lowest BCUT2D eigenvalue weighted by atomic mass is 10.0. The van der Waals surface area contributed by atoms with Crippen molar-refractivity contribution in [2.24, 2.45) is 0 Å². The minimum Gasteiger partial charge on any atom is -0.345 e. The summed E-state index contributed by atoms with van der Waals surface area (Å²) >= 11 is 0. The highest BCUT2D eigenvalue weighted by Gasteiger charge is 2.17. The van der Waals surface area contributed by atoms with E-state index in [0.29, 0.717) is 11.3 Å². The zero-order chi connectivity index (χ0) is 21.7. The fraction of sp³-hybridized carbons (Fsp3) is 0.208. The Morgan fingerprint density at radius 3 is 2.10 bits per heavy atom. The molecule has 0 spiro atoms. The highest BCUT2D eigenvalue weighted by atomic mass is 32.2. The summed E-state index contributed by atoms with van der Waals surface area (Å²) in [5.41, 5.74) is 3.91. The van der Waals surface area contributed by atoms with Gasteiger partial charge in [-0.3, -0.25) is 9.52 Å². The number of benzene rings is 3. The van der Waals surface area contributed by atoms with E-state index >= 15 is 0 Å². The Bertz CT molecular complexity index is 1120. The predicted molar refractivity (Wildman–Crippen MR) is 120 cm³/mol. The molecule has 0 heterocycles. The Hall–Kier alpha value is -3.12. The lowest BCUT2D eigenvalue weighted by molar-refractivity contribution is 0.0935. The van der Waals surface area contributed by atoms with Gasteiger partial charge in [0.2, 0.25) is 0 Å². The number of amides is 1. The minimum absolute atomic E-state index is 0.119. The predicted octanol–water partition coefficient (Wildman–Crippen LogP) is 4.99. The first-order chi connectivity index (χ1) is 14.3. The van der Waals surface area contributed by atoms with Crippen LogP contribution in [-0.2, 0) is 10.0 Å². The van der Waals surface area contributed by atoms with Gasteiger partial charge in [-0.1, -0.05) is 60.5 Å². The van der Waals surface area contributed by atoms with Crippen LogP contribution in [0.5, 0.6) is 0 Å². The van der Waals surface area contributed by atoms with Crippen LogP contribution in [0.4, 0.5) is 5.69 Å². The second-order valence-corrected chi connectivity index (χ2v) is 9.03. The fourth-order valence-electron chi connectivity index (χ4n) is 3.12. The Labute approximate surface area is 178 Å². The molecule has 3 aromatic carbocycles. The largest absolute Gasteiger partial charge is 0.345 e. The van der Waals surface area contributed by atoms with Gasteiger partial charge in [0.15, 0.2) is 0 Å². The van der Waals surface area contributed by atoms with Gasteiger partial charge in [-0.2, -0.15) is 0 Å². The van der Waals surface area contributed by atoms with Crippen molar-refractivity contribution in [2.75, 3.05) is 4.72 Å². The molecule has 0 radical (unpaired) electrons. The van der Waals surface area contributed by atoms with Gasteiger partial charge in [0.05, 0.1) is 10.9 Å². The summed E-state index contributed by atoms with van der Waals surface area (Å²) < 4.78 is 27.8. The maximum absolute atomic E-state index is 12.8. The van der Waals surface area contributed by atoms with Crippen LogP contribution in [0.2, 0.25) is 0 Å². The molecule has 2 N–H and O–H groups in total. The highest BCUT2D eigenvalue weighted by molar-refractivity contribution is 7.92. The van der Waals surface area contributed by atoms with Crippen molar-refractivity contribution in [3.63, 3.8) is 0 Å². The second-order valence-electron chi connectivity index (χ2n) is 7.34. The van der Waals surface area contributed by atoms with Crippen molar-refractivity contribution >= 4 is 21.6 Å². The molecule has 0 saturated heterocycles. The first-order valence-corrected chi connectivity index (χ1v) is 11.3. The van der Waals surface area contributed by atoms with Crippen molar-refractivity contribution in [3.05, 3.63) is 95.1 Å². The van der Waals surface area contributed by atoms with E-state index in [1.165, 1.54) is 0 Å². The molecule has 0 fully saturated rings. The molecule has 156 valence electrons. The van der Waals surface area contributed by atoms with Gasteiger partial charge in [0, 0.05) is 11.3 Å². The van der Waals surface area contributed by atoms with Gasteiger partial charge < -0.3 is 5.32 Å². The highest BCUT2D eigenvalue weighted by Crippen LogP contribution is 2.20. The summed E-state index contributed by atoms with van der Waals surface area (Å²) in [6.07, 6.45) is 0.745. The zero-order valence-electron chi connectivity index (χ0n) is 17.3. The van der Waals surface area contributed by atoms with Crippen molar-refractivity contribution in [3.8, 4) is 0 Å². The van der Waals surface area contributed by atoms with Crippen molar-refractivity contribution in [1.29, 1.82) is 0 Å². The number of anilines is 1. The van der Waals surface area contributed by atoms with E-state index in [1.807, 2.05) is 45.0 Å². The number of hydrogen-bond donors (Lipinski definition) is 2. The Kier molecular flexibility index (Phi) is 6.57. The van der Waals surface area contributed by atoms with E-state index in [0.717, 1.165) is 23.1 Å². The maximum Gasteiger partial charge on any atom is 0.261 e. The molecule has 30 heavy (non-hydrogen) atoms. The third kappa shape index (κ3) is 5.27. The average molecular weight is 423 g/mol. The number of sulfonamides is 1. The number of carbonyl (C=O) groups is 1. The van der Waals surface area contributed by atoms with Gasteiger partial charge in [-0.15, -0.1) is 0 Å². The van der Waals surface area contributed by atoms with Crippen LogP contribution in [0.15, 0.2) is 77.7 Å². The van der Waals surface area contributed by atoms with Crippen LogP contribution < -0.4 is 10.0 Å². The molecule has 0 aliphatic carbocycles. The second kappa shape index (κ2) is 9.13. The SMILES string of the molecule is CC[C@H](NC(=O)c1cccc(NS(=O)(=O)c2ccc(C)cc2)c1)c1ccc(C)cc1. The average Bonchev–Trinajstić information content (AvgIpc) is 2.73. The Morgan fingerprint density at radius 1 is 0.900 bits per heavy atom. The third-order valence-corrected chi connectivity index (χ3v) is 6.30. The number of rotatable bonds is 7. The molecule has 0 aromatic heterocycles. The van der Waals surface area contributed by atoms with E-state index in [-0.39, 0.29) is 16.8 Å². The lowest BCUT2D eigenvalue weighted by Gasteiger charge is -2.18. The standard InChI is InChI=1S/C24H26N2O3S/c1-4-23(19-12-8-17(2)9-13-19)25-24(27)20-6-5-7-21(16-20)26-30(28,29)22-14-10-18(3)11-15-22/h5-16,23,26H,4H2,1-3H3,(H,25,27)/t23-/m0/s1. The quantitative estimate of drug-likeness (QED) is 0.563. The molecular formula is C24H26N2O3S. The molecule has 1 amide bonds. The molecule has 0 aliphatic rings. The molecule has 0 aliphatic heterocycles. The van der Waals surface area contributed by atoms with E-state index < -0.39 is 10.0 Å². The van der Waals surface area contributed by atoms with Crippen LogP contribution in [0.3, 0.4) is 0 Å². The van der Waals surface area contributed by atoms with Crippen LogP contribution >= 0.6 is 0 Å². The monoisotopic (exact) mass is 422 g/mol. The lowest BCUT2D eigenvalue weighted by Crippen LogP contribution is -2.28. The normalized spacial score (nSPS) is 12.2. The summed E-state index contributed by atoms with van der Waals surface area (Å²) in [5, 5.41) is 3.03. The van der Waals surface area contributed by atoms with Crippen LogP contribution in [-0.4, -0.2) is 14.3 Å². The summed E-state index contributed by atoms with van der Waals surface area (Å²) in [4.78, 5) is 13.0. The smallest absolute Gasteiger partial charge is 0.261 e.